The zero-order valence-corrected chi connectivity index (χ0v) is 12.3. The molecule has 0 amide bonds. The van der Waals surface area contributed by atoms with Gasteiger partial charge in [0.1, 0.15) is 16.9 Å². The fourth-order valence-electron chi connectivity index (χ4n) is 2.48. The summed E-state index contributed by atoms with van der Waals surface area (Å²) in [6.07, 6.45) is 1.03. The Hall–Kier alpha value is -1.34. The molecule has 112 valence electrons. The van der Waals surface area contributed by atoms with Crippen LogP contribution in [-0.4, -0.2) is 41.2 Å². The summed E-state index contributed by atoms with van der Waals surface area (Å²) in [5.41, 5.74) is 0.604. The number of aliphatic hydroxyl groups is 1. The van der Waals surface area contributed by atoms with E-state index in [1.54, 1.807) is 29.7 Å². The van der Waals surface area contributed by atoms with Gasteiger partial charge < -0.3 is 9.84 Å². The highest BCUT2D eigenvalue weighted by molar-refractivity contribution is 7.09. The molecule has 1 aromatic heterocycles. The van der Waals surface area contributed by atoms with Crippen LogP contribution in [-0.2, 0) is 4.74 Å². The van der Waals surface area contributed by atoms with E-state index in [9.17, 15) is 9.50 Å². The number of halogens is 1. The minimum Gasteiger partial charge on any atom is -0.387 e. The van der Waals surface area contributed by atoms with E-state index >= 15 is 0 Å². The molecular formula is C15H17FN2O2S. The first-order chi connectivity index (χ1) is 10.2. The molecular weight excluding hydrogens is 291 g/mol. The van der Waals surface area contributed by atoms with Crippen LogP contribution in [0.4, 0.5) is 4.39 Å². The SMILES string of the molecule is O[C@H](CN1CCO[C@H](c2nccs2)C1)c1cccc(F)c1. The summed E-state index contributed by atoms with van der Waals surface area (Å²) in [4.78, 5) is 6.41. The molecule has 2 aromatic rings. The average Bonchev–Trinajstić information content (AvgIpc) is 3.02. The van der Waals surface area contributed by atoms with Crippen LogP contribution >= 0.6 is 11.3 Å². The zero-order chi connectivity index (χ0) is 14.7. The average molecular weight is 308 g/mol. The Labute approximate surface area is 126 Å². The Kier molecular flexibility index (Phi) is 4.60. The number of nitrogens with zero attached hydrogens (tertiary/aromatic N) is 2. The van der Waals surface area contributed by atoms with E-state index < -0.39 is 6.10 Å². The van der Waals surface area contributed by atoms with Crippen LogP contribution in [0.5, 0.6) is 0 Å². The summed E-state index contributed by atoms with van der Waals surface area (Å²) in [7, 11) is 0. The summed E-state index contributed by atoms with van der Waals surface area (Å²) in [5.74, 6) is -0.325. The highest BCUT2D eigenvalue weighted by atomic mass is 32.1. The fourth-order valence-corrected chi connectivity index (χ4v) is 3.15. The third-order valence-corrected chi connectivity index (χ3v) is 4.41. The van der Waals surface area contributed by atoms with Crippen LogP contribution in [0.15, 0.2) is 35.8 Å². The van der Waals surface area contributed by atoms with Crippen molar-refractivity contribution in [3.8, 4) is 0 Å². The van der Waals surface area contributed by atoms with Crippen molar-refractivity contribution in [3.05, 3.63) is 52.2 Å². The highest BCUT2D eigenvalue weighted by Crippen LogP contribution is 2.25. The van der Waals surface area contributed by atoms with Crippen LogP contribution in [0.2, 0.25) is 0 Å². The largest absolute Gasteiger partial charge is 0.387 e. The molecule has 1 aliphatic rings. The van der Waals surface area contributed by atoms with E-state index in [0.717, 1.165) is 11.6 Å². The van der Waals surface area contributed by atoms with Crippen molar-refractivity contribution in [3.63, 3.8) is 0 Å². The van der Waals surface area contributed by atoms with Crippen LogP contribution in [0, 0.1) is 5.82 Å². The highest BCUT2D eigenvalue weighted by Gasteiger charge is 2.25. The minimum atomic E-state index is -0.698. The number of rotatable bonds is 4. The molecule has 0 saturated carbocycles. The first-order valence-corrected chi connectivity index (χ1v) is 7.77. The molecule has 0 bridgehead atoms. The number of β-amino-alcohol motifs (C(OH)–C–C–N with tert-alkyl or cyclic N) is 1. The topological polar surface area (TPSA) is 45.6 Å². The van der Waals surface area contributed by atoms with Crippen LogP contribution in [0.25, 0.3) is 0 Å². The van der Waals surface area contributed by atoms with Gasteiger partial charge in [-0.05, 0) is 17.7 Å². The molecule has 0 aliphatic carbocycles. The Morgan fingerprint density at radius 2 is 2.43 bits per heavy atom. The number of morpholine rings is 1. The van der Waals surface area contributed by atoms with Gasteiger partial charge in [0.15, 0.2) is 0 Å². The molecule has 1 saturated heterocycles. The van der Waals surface area contributed by atoms with Crippen molar-refractivity contribution < 1.29 is 14.2 Å². The lowest BCUT2D eigenvalue weighted by Gasteiger charge is -2.33. The molecule has 2 heterocycles. The van der Waals surface area contributed by atoms with Crippen molar-refractivity contribution in [2.45, 2.75) is 12.2 Å². The maximum absolute atomic E-state index is 13.2. The molecule has 21 heavy (non-hydrogen) atoms. The maximum Gasteiger partial charge on any atom is 0.123 e. The van der Waals surface area contributed by atoms with Crippen molar-refractivity contribution in [1.29, 1.82) is 0 Å². The molecule has 0 spiro atoms. The number of thiazole rings is 1. The smallest absolute Gasteiger partial charge is 0.123 e. The number of hydrogen-bond acceptors (Lipinski definition) is 5. The minimum absolute atomic E-state index is 0.0431. The molecule has 1 aliphatic heterocycles. The van der Waals surface area contributed by atoms with E-state index in [-0.39, 0.29) is 11.9 Å². The van der Waals surface area contributed by atoms with Gasteiger partial charge in [-0.2, -0.15) is 0 Å². The molecule has 6 heteroatoms. The second-order valence-electron chi connectivity index (χ2n) is 5.06. The number of ether oxygens (including phenoxy) is 1. The second kappa shape index (κ2) is 6.62. The van der Waals surface area contributed by atoms with E-state index in [4.69, 9.17) is 4.74 Å². The predicted octanol–water partition coefficient (Wildman–Crippen LogP) is 2.39. The third-order valence-electron chi connectivity index (χ3n) is 3.54. The Morgan fingerprint density at radius 3 is 3.19 bits per heavy atom. The molecule has 4 nitrogen and oxygen atoms in total. The lowest BCUT2D eigenvalue weighted by atomic mass is 10.1. The molecule has 0 radical (unpaired) electrons. The van der Waals surface area contributed by atoms with Crippen LogP contribution in [0.1, 0.15) is 22.8 Å². The molecule has 3 rings (SSSR count). The summed E-state index contributed by atoms with van der Waals surface area (Å²) < 4.78 is 18.9. The zero-order valence-electron chi connectivity index (χ0n) is 11.5. The molecule has 0 unspecified atom stereocenters. The first-order valence-electron chi connectivity index (χ1n) is 6.89. The summed E-state index contributed by atoms with van der Waals surface area (Å²) in [6, 6.07) is 6.12. The van der Waals surface area contributed by atoms with Gasteiger partial charge in [0, 0.05) is 31.2 Å². The predicted molar refractivity (Wildman–Crippen MR) is 78.6 cm³/mol. The molecule has 1 aromatic carbocycles. The lowest BCUT2D eigenvalue weighted by molar-refractivity contribution is -0.0424. The van der Waals surface area contributed by atoms with Crippen LogP contribution in [0.3, 0.4) is 0 Å². The van der Waals surface area contributed by atoms with E-state index in [2.05, 4.69) is 9.88 Å². The van der Waals surface area contributed by atoms with Gasteiger partial charge in [-0.3, -0.25) is 4.90 Å². The number of hydrogen-bond donors (Lipinski definition) is 1. The molecule has 1 fully saturated rings. The maximum atomic E-state index is 13.2. The number of benzene rings is 1. The number of aromatic nitrogens is 1. The van der Waals surface area contributed by atoms with Crippen LogP contribution < -0.4 is 0 Å². The summed E-state index contributed by atoms with van der Waals surface area (Å²) in [6.45, 7) is 2.53. The van der Waals surface area contributed by atoms with E-state index in [0.29, 0.717) is 25.3 Å². The Balaban J connectivity index is 1.62. The summed E-state index contributed by atoms with van der Waals surface area (Å²) in [5, 5.41) is 13.1. The quantitative estimate of drug-likeness (QED) is 0.942. The standard InChI is InChI=1S/C15H17FN2O2S/c16-12-3-1-2-11(8-12)13(19)9-18-5-6-20-14(10-18)15-17-4-7-21-15/h1-4,7-8,13-14,19H,5-6,9-10H2/t13-,14+/m1/s1. The summed E-state index contributed by atoms with van der Waals surface area (Å²) >= 11 is 1.57. The molecule has 1 N–H and O–H groups in total. The normalized spacial score (nSPS) is 21.3. The van der Waals surface area contributed by atoms with Gasteiger partial charge in [0.05, 0.1) is 12.7 Å². The third kappa shape index (κ3) is 3.65. The Bertz CT molecular complexity index is 579. The van der Waals surface area contributed by atoms with Gasteiger partial charge >= 0.3 is 0 Å². The second-order valence-corrected chi connectivity index (χ2v) is 5.99. The van der Waals surface area contributed by atoms with Crippen molar-refractivity contribution in [1.82, 2.24) is 9.88 Å². The van der Waals surface area contributed by atoms with Crippen molar-refractivity contribution in [2.75, 3.05) is 26.2 Å². The van der Waals surface area contributed by atoms with E-state index in [1.807, 2.05) is 5.38 Å². The number of aliphatic hydroxyl groups excluding tert-OH is 1. The monoisotopic (exact) mass is 308 g/mol. The van der Waals surface area contributed by atoms with Gasteiger partial charge in [-0.15, -0.1) is 11.3 Å². The molecule has 2 atom stereocenters. The van der Waals surface area contributed by atoms with Gasteiger partial charge in [0.25, 0.3) is 0 Å². The van der Waals surface area contributed by atoms with Gasteiger partial charge in [-0.25, -0.2) is 9.37 Å². The first kappa shape index (κ1) is 14.6. The van der Waals surface area contributed by atoms with Gasteiger partial charge in [-0.1, -0.05) is 12.1 Å². The Morgan fingerprint density at radius 1 is 1.52 bits per heavy atom. The van der Waals surface area contributed by atoms with Crippen molar-refractivity contribution in [2.24, 2.45) is 0 Å². The van der Waals surface area contributed by atoms with E-state index in [1.165, 1.54) is 12.1 Å². The lowest BCUT2D eigenvalue weighted by Crippen LogP contribution is -2.40. The van der Waals surface area contributed by atoms with Gasteiger partial charge in [0.2, 0.25) is 0 Å². The fraction of sp³-hybridized carbons (Fsp3) is 0.400. The van der Waals surface area contributed by atoms with Crippen molar-refractivity contribution >= 4 is 11.3 Å².